The predicted octanol–water partition coefficient (Wildman–Crippen LogP) is 0.191. The van der Waals surface area contributed by atoms with Crippen LogP contribution in [0, 0.1) is 0 Å². The molecule has 0 spiro atoms. The van der Waals surface area contributed by atoms with Crippen LogP contribution >= 0.6 is 0 Å². The number of benzene rings is 2. The van der Waals surface area contributed by atoms with E-state index in [1.54, 1.807) is 0 Å². The SMILES string of the molecule is NC(Cc1ccc(O)c(O)c1)C(=O)NC(Cc1ccc(O)c(O)c1)C(=O)O. The minimum absolute atomic E-state index is 0.0199. The minimum Gasteiger partial charge on any atom is -0.504 e. The molecule has 2 unspecified atom stereocenters. The average Bonchev–Trinajstić information content (AvgIpc) is 2.60. The number of carboxylic acids is 1. The molecule has 1 amide bonds. The van der Waals surface area contributed by atoms with E-state index in [1.807, 2.05) is 0 Å². The smallest absolute Gasteiger partial charge is 0.326 e. The molecule has 0 bridgehead atoms. The van der Waals surface area contributed by atoms with E-state index in [1.165, 1.54) is 36.4 Å². The Morgan fingerprint density at radius 2 is 1.33 bits per heavy atom. The van der Waals surface area contributed by atoms with Crippen molar-refractivity contribution in [3.8, 4) is 23.0 Å². The summed E-state index contributed by atoms with van der Waals surface area (Å²) in [6, 6.07) is 5.48. The van der Waals surface area contributed by atoms with Gasteiger partial charge in [0, 0.05) is 6.42 Å². The minimum atomic E-state index is -1.29. The monoisotopic (exact) mass is 376 g/mol. The zero-order valence-electron chi connectivity index (χ0n) is 14.2. The van der Waals surface area contributed by atoms with Gasteiger partial charge < -0.3 is 36.6 Å². The van der Waals surface area contributed by atoms with Crippen molar-refractivity contribution in [3.63, 3.8) is 0 Å². The van der Waals surface area contributed by atoms with Gasteiger partial charge >= 0.3 is 5.97 Å². The third-order valence-electron chi connectivity index (χ3n) is 3.93. The fourth-order valence-corrected chi connectivity index (χ4v) is 2.45. The molecule has 0 saturated carbocycles. The van der Waals surface area contributed by atoms with Gasteiger partial charge in [0.15, 0.2) is 23.0 Å². The van der Waals surface area contributed by atoms with Crippen molar-refractivity contribution in [3.05, 3.63) is 47.5 Å². The first-order valence-electron chi connectivity index (χ1n) is 7.98. The lowest BCUT2D eigenvalue weighted by Gasteiger charge is -2.18. The number of hydrogen-bond donors (Lipinski definition) is 7. The van der Waals surface area contributed by atoms with Gasteiger partial charge in [-0.2, -0.15) is 0 Å². The number of amides is 1. The molecule has 8 N–H and O–H groups in total. The largest absolute Gasteiger partial charge is 0.504 e. The van der Waals surface area contributed by atoms with E-state index in [-0.39, 0.29) is 30.1 Å². The molecule has 0 radical (unpaired) electrons. The van der Waals surface area contributed by atoms with E-state index in [4.69, 9.17) is 5.73 Å². The number of nitrogens with one attached hydrogen (secondary N) is 1. The van der Waals surface area contributed by atoms with Crippen LogP contribution in [0.1, 0.15) is 11.1 Å². The highest BCUT2D eigenvalue weighted by atomic mass is 16.4. The lowest BCUT2D eigenvalue weighted by Crippen LogP contribution is -2.50. The molecule has 9 nitrogen and oxygen atoms in total. The normalized spacial score (nSPS) is 12.9. The van der Waals surface area contributed by atoms with Gasteiger partial charge in [0.2, 0.25) is 5.91 Å². The number of aromatic hydroxyl groups is 4. The van der Waals surface area contributed by atoms with E-state index >= 15 is 0 Å². The van der Waals surface area contributed by atoms with Crippen LogP contribution in [0.15, 0.2) is 36.4 Å². The van der Waals surface area contributed by atoms with Gasteiger partial charge in [0.25, 0.3) is 0 Å². The average molecular weight is 376 g/mol. The van der Waals surface area contributed by atoms with Gasteiger partial charge in [-0.15, -0.1) is 0 Å². The predicted molar refractivity (Wildman–Crippen MR) is 94.5 cm³/mol. The van der Waals surface area contributed by atoms with Crippen LogP contribution in [0.2, 0.25) is 0 Å². The Bertz CT molecular complexity index is 854. The van der Waals surface area contributed by atoms with Crippen molar-refractivity contribution in [2.24, 2.45) is 5.73 Å². The maximum absolute atomic E-state index is 12.2. The molecule has 144 valence electrons. The first-order valence-corrected chi connectivity index (χ1v) is 7.98. The Morgan fingerprint density at radius 1 is 0.852 bits per heavy atom. The van der Waals surface area contributed by atoms with Crippen molar-refractivity contribution in [2.45, 2.75) is 24.9 Å². The first kappa shape index (κ1) is 19.9. The number of carboxylic acid groups (broad SMARTS) is 1. The number of rotatable bonds is 7. The molecule has 2 aromatic rings. The van der Waals surface area contributed by atoms with Gasteiger partial charge in [0.05, 0.1) is 6.04 Å². The number of phenols is 4. The standard InChI is InChI=1S/C18H20N2O7/c19-11(5-9-1-3-13(21)15(23)7-9)17(25)20-12(18(26)27)6-10-2-4-14(22)16(24)8-10/h1-4,7-8,11-12,21-24H,5-6,19H2,(H,20,25)(H,26,27). The highest BCUT2D eigenvalue weighted by Crippen LogP contribution is 2.26. The molecule has 0 aliphatic carbocycles. The molecule has 0 saturated heterocycles. The summed E-state index contributed by atoms with van der Waals surface area (Å²) in [7, 11) is 0. The molecule has 0 aliphatic heterocycles. The number of carbonyl (C=O) groups is 2. The summed E-state index contributed by atoms with van der Waals surface area (Å²) in [5.74, 6) is -3.39. The number of nitrogens with two attached hydrogens (primary N) is 1. The van der Waals surface area contributed by atoms with Crippen LogP contribution < -0.4 is 11.1 Å². The highest BCUT2D eigenvalue weighted by Gasteiger charge is 2.24. The molecule has 9 heteroatoms. The Hall–Kier alpha value is -3.46. The van der Waals surface area contributed by atoms with Crippen molar-refractivity contribution in [1.29, 1.82) is 0 Å². The first-order chi connectivity index (χ1) is 12.7. The third kappa shape index (κ3) is 5.25. The second-order valence-corrected chi connectivity index (χ2v) is 6.06. The Labute approximate surface area is 154 Å². The van der Waals surface area contributed by atoms with E-state index in [0.29, 0.717) is 11.1 Å². The number of carbonyl (C=O) groups excluding carboxylic acids is 1. The fraction of sp³-hybridized carbons (Fsp3) is 0.222. The lowest BCUT2D eigenvalue weighted by molar-refractivity contribution is -0.141. The van der Waals surface area contributed by atoms with Crippen LogP contribution in [0.4, 0.5) is 0 Å². The van der Waals surface area contributed by atoms with Gasteiger partial charge in [-0.25, -0.2) is 4.79 Å². The summed E-state index contributed by atoms with van der Waals surface area (Å²) < 4.78 is 0. The number of aliphatic carboxylic acids is 1. The van der Waals surface area contributed by atoms with E-state index in [9.17, 15) is 35.1 Å². The summed E-state index contributed by atoms with van der Waals surface area (Å²) in [5, 5.41) is 49.2. The molecule has 0 aromatic heterocycles. The van der Waals surface area contributed by atoms with E-state index in [0.717, 1.165) is 0 Å². The quantitative estimate of drug-likeness (QED) is 0.335. The topological polar surface area (TPSA) is 173 Å². The van der Waals surface area contributed by atoms with E-state index in [2.05, 4.69) is 5.32 Å². The highest BCUT2D eigenvalue weighted by molar-refractivity contribution is 5.87. The molecule has 0 fully saturated rings. The van der Waals surface area contributed by atoms with Crippen LogP contribution in [0.3, 0.4) is 0 Å². The van der Waals surface area contributed by atoms with Crippen molar-refractivity contribution in [2.75, 3.05) is 0 Å². The maximum atomic E-state index is 12.2. The van der Waals surface area contributed by atoms with Gasteiger partial charge in [-0.1, -0.05) is 12.1 Å². The number of hydrogen-bond acceptors (Lipinski definition) is 7. The lowest BCUT2D eigenvalue weighted by atomic mass is 10.0. The van der Waals surface area contributed by atoms with Crippen LogP contribution in [-0.2, 0) is 22.4 Å². The molecule has 27 heavy (non-hydrogen) atoms. The fourth-order valence-electron chi connectivity index (χ4n) is 2.45. The molecule has 0 heterocycles. The van der Waals surface area contributed by atoms with Gasteiger partial charge in [0.1, 0.15) is 6.04 Å². The van der Waals surface area contributed by atoms with Crippen LogP contribution in [-0.4, -0.2) is 49.5 Å². The molecule has 0 aliphatic rings. The van der Waals surface area contributed by atoms with Crippen LogP contribution in [0.5, 0.6) is 23.0 Å². The molecule has 2 atom stereocenters. The Kier molecular flexibility index (Phi) is 6.09. The molecular weight excluding hydrogens is 356 g/mol. The zero-order chi connectivity index (χ0) is 20.1. The number of phenolic OH excluding ortho intramolecular Hbond substituents is 4. The second kappa shape index (κ2) is 8.28. The van der Waals surface area contributed by atoms with Crippen molar-refractivity contribution < 1.29 is 35.1 Å². The summed E-state index contributed by atoms with van der Waals surface area (Å²) in [6.45, 7) is 0. The van der Waals surface area contributed by atoms with E-state index < -0.39 is 29.7 Å². The van der Waals surface area contributed by atoms with Gasteiger partial charge in [-0.3, -0.25) is 4.79 Å². The maximum Gasteiger partial charge on any atom is 0.326 e. The summed E-state index contributed by atoms with van der Waals surface area (Å²) >= 11 is 0. The van der Waals surface area contributed by atoms with Crippen molar-refractivity contribution >= 4 is 11.9 Å². The summed E-state index contributed by atoms with van der Waals surface area (Å²) in [5.41, 5.74) is 6.69. The molecule has 2 rings (SSSR count). The summed E-state index contributed by atoms with van der Waals surface area (Å²) in [4.78, 5) is 23.7. The zero-order valence-corrected chi connectivity index (χ0v) is 14.2. The Balaban J connectivity index is 2.03. The molecule has 2 aromatic carbocycles. The van der Waals surface area contributed by atoms with Crippen molar-refractivity contribution in [1.82, 2.24) is 5.32 Å². The van der Waals surface area contributed by atoms with Crippen LogP contribution in [0.25, 0.3) is 0 Å². The summed E-state index contributed by atoms with van der Waals surface area (Å²) in [6.07, 6.45) is -0.104. The molecular formula is C18H20N2O7. The van der Waals surface area contributed by atoms with Gasteiger partial charge in [-0.05, 0) is 41.8 Å². The second-order valence-electron chi connectivity index (χ2n) is 6.06. The third-order valence-corrected chi connectivity index (χ3v) is 3.93. The Morgan fingerprint density at radius 3 is 1.78 bits per heavy atom.